The number of imide groups is 1. The Hall–Kier alpha value is -4.59. The van der Waals surface area contributed by atoms with Gasteiger partial charge in [-0.05, 0) is 31.2 Å². The molecule has 0 bridgehead atoms. The van der Waals surface area contributed by atoms with Gasteiger partial charge in [-0.2, -0.15) is 0 Å². The van der Waals surface area contributed by atoms with Crippen molar-refractivity contribution < 1.29 is 18.8 Å². The standard InChI is InChI=1S/C25H18N4O4/c1-16-23(32-15-26-16)22(17-8-3-2-4-9-17)28-33-14-18-10-7-13-21(27-18)29-24(30)19-11-5-6-12-20(19)25(29)31/h2-13,15H,14H2,1H3/b28-22-. The summed E-state index contributed by atoms with van der Waals surface area (Å²) in [5.74, 6) is -0.0488. The molecule has 0 saturated carbocycles. The molecule has 2 amide bonds. The number of aromatic nitrogens is 2. The molecule has 1 aliphatic heterocycles. The number of carbonyl (C=O) groups excluding carboxylic acids is 2. The first kappa shape index (κ1) is 20.3. The molecule has 0 radical (unpaired) electrons. The highest BCUT2D eigenvalue weighted by molar-refractivity contribution is 6.34. The molecule has 0 saturated heterocycles. The molecule has 0 atom stereocenters. The molecule has 1 aliphatic rings. The summed E-state index contributed by atoms with van der Waals surface area (Å²) in [4.78, 5) is 40.7. The summed E-state index contributed by atoms with van der Waals surface area (Å²) < 4.78 is 5.51. The Morgan fingerprint density at radius 2 is 1.64 bits per heavy atom. The molecule has 162 valence electrons. The maximum atomic E-state index is 12.7. The normalized spacial score (nSPS) is 13.4. The number of amides is 2. The Morgan fingerprint density at radius 1 is 0.939 bits per heavy atom. The second-order valence-electron chi connectivity index (χ2n) is 7.32. The van der Waals surface area contributed by atoms with Crippen molar-refractivity contribution in [1.82, 2.24) is 9.97 Å². The van der Waals surface area contributed by atoms with Crippen LogP contribution in [0.4, 0.5) is 5.82 Å². The Bertz CT molecular complexity index is 1340. The minimum absolute atomic E-state index is 0.0283. The van der Waals surface area contributed by atoms with Gasteiger partial charge in [0.15, 0.2) is 24.5 Å². The first-order chi connectivity index (χ1) is 16.1. The van der Waals surface area contributed by atoms with Crippen LogP contribution >= 0.6 is 0 Å². The number of nitrogens with zero attached hydrogens (tertiary/aromatic N) is 4. The zero-order chi connectivity index (χ0) is 22.8. The molecule has 5 rings (SSSR count). The van der Waals surface area contributed by atoms with E-state index in [2.05, 4.69) is 15.1 Å². The fraction of sp³-hybridized carbons (Fsp3) is 0.0800. The third-order valence-electron chi connectivity index (χ3n) is 5.19. The summed E-state index contributed by atoms with van der Waals surface area (Å²) >= 11 is 0. The molecule has 4 aromatic rings. The molecular weight excluding hydrogens is 420 g/mol. The molecule has 0 aliphatic carbocycles. The molecule has 2 aromatic heterocycles. The minimum Gasteiger partial charge on any atom is -0.441 e. The van der Waals surface area contributed by atoms with Crippen LogP contribution in [0.5, 0.6) is 0 Å². The topological polar surface area (TPSA) is 97.9 Å². The highest BCUT2D eigenvalue weighted by atomic mass is 16.6. The number of hydrogen-bond acceptors (Lipinski definition) is 7. The maximum Gasteiger partial charge on any atom is 0.267 e. The van der Waals surface area contributed by atoms with Gasteiger partial charge in [0.2, 0.25) is 0 Å². The Kier molecular flexibility index (Phi) is 5.24. The van der Waals surface area contributed by atoms with Gasteiger partial charge in [-0.25, -0.2) is 14.9 Å². The van der Waals surface area contributed by atoms with Crippen molar-refractivity contribution in [1.29, 1.82) is 0 Å². The number of rotatable bonds is 6. The lowest BCUT2D eigenvalue weighted by Gasteiger charge is -2.13. The van der Waals surface area contributed by atoms with E-state index < -0.39 is 11.8 Å². The van der Waals surface area contributed by atoms with E-state index in [9.17, 15) is 9.59 Å². The fourth-order valence-corrected chi connectivity index (χ4v) is 3.58. The van der Waals surface area contributed by atoms with Crippen LogP contribution in [-0.2, 0) is 11.4 Å². The lowest BCUT2D eigenvalue weighted by atomic mass is 10.1. The van der Waals surface area contributed by atoms with E-state index in [1.165, 1.54) is 6.39 Å². The van der Waals surface area contributed by atoms with Crippen molar-refractivity contribution in [2.45, 2.75) is 13.5 Å². The molecule has 8 nitrogen and oxygen atoms in total. The van der Waals surface area contributed by atoms with E-state index in [1.807, 2.05) is 37.3 Å². The molecule has 3 heterocycles. The zero-order valence-corrected chi connectivity index (χ0v) is 17.6. The highest BCUT2D eigenvalue weighted by Crippen LogP contribution is 2.27. The molecule has 2 aromatic carbocycles. The Balaban J connectivity index is 1.38. The average Bonchev–Trinajstić information content (AvgIpc) is 3.38. The molecular formula is C25H18N4O4. The van der Waals surface area contributed by atoms with Crippen molar-refractivity contribution in [3.05, 3.63) is 113 Å². The van der Waals surface area contributed by atoms with Crippen LogP contribution in [0.25, 0.3) is 0 Å². The van der Waals surface area contributed by atoms with Gasteiger partial charge in [-0.15, -0.1) is 0 Å². The average molecular weight is 438 g/mol. The number of anilines is 1. The molecule has 0 N–H and O–H groups in total. The van der Waals surface area contributed by atoms with Gasteiger partial charge in [0.25, 0.3) is 11.8 Å². The van der Waals surface area contributed by atoms with Crippen LogP contribution in [0.2, 0.25) is 0 Å². The summed E-state index contributed by atoms with van der Waals surface area (Å²) in [5, 5.41) is 4.28. The van der Waals surface area contributed by atoms with Crippen molar-refractivity contribution >= 4 is 23.3 Å². The second-order valence-corrected chi connectivity index (χ2v) is 7.32. The van der Waals surface area contributed by atoms with E-state index in [0.717, 1.165) is 10.5 Å². The Morgan fingerprint density at radius 3 is 2.30 bits per heavy atom. The molecule has 8 heteroatoms. The van der Waals surface area contributed by atoms with E-state index in [-0.39, 0.29) is 12.4 Å². The van der Waals surface area contributed by atoms with Crippen LogP contribution in [0.1, 0.15) is 43.4 Å². The van der Waals surface area contributed by atoms with Gasteiger partial charge >= 0.3 is 0 Å². The van der Waals surface area contributed by atoms with Gasteiger partial charge in [0.1, 0.15) is 5.82 Å². The third kappa shape index (κ3) is 3.78. The van der Waals surface area contributed by atoms with Gasteiger partial charge in [0.05, 0.1) is 22.5 Å². The maximum absolute atomic E-state index is 12.7. The SMILES string of the molecule is Cc1ncoc1/C(=N\OCc1cccc(N2C(=O)c3ccccc3C2=O)n1)c1ccccc1. The van der Waals surface area contributed by atoms with Crippen molar-refractivity contribution in [2.24, 2.45) is 5.16 Å². The van der Waals surface area contributed by atoms with Crippen molar-refractivity contribution in [2.75, 3.05) is 4.90 Å². The predicted octanol–water partition coefficient (Wildman–Crippen LogP) is 4.15. The lowest BCUT2D eigenvalue weighted by molar-refractivity contribution is 0.0924. The van der Waals surface area contributed by atoms with E-state index in [1.54, 1.807) is 42.5 Å². The molecule has 0 spiro atoms. The quantitative estimate of drug-likeness (QED) is 0.255. The number of hydrogen-bond donors (Lipinski definition) is 0. The predicted molar refractivity (Wildman–Crippen MR) is 120 cm³/mol. The summed E-state index contributed by atoms with van der Waals surface area (Å²) in [6.07, 6.45) is 1.36. The minimum atomic E-state index is -0.397. The molecule has 0 unspecified atom stereocenters. The number of fused-ring (bicyclic) bond motifs is 1. The van der Waals surface area contributed by atoms with Crippen LogP contribution in [-0.4, -0.2) is 27.5 Å². The van der Waals surface area contributed by atoms with Crippen molar-refractivity contribution in [3.63, 3.8) is 0 Å². The number of pyridine rings is 1. The number of benzene rings is 2. The van der Waals surface area contributed by atoms with E-state index in [0.29, 0.717) is 34.0 Å². The van der Waals surface area contributed by atoms with E-state index in [4.69, 9.17) is 9.25 Å². The summed E-state index contributed by atoms with van der Waals surface area (Å²) in [5.41, 5.74) is 3.24. The van der Waals surface area contributed by atoms with Crippen molar-refractivity contribution in [3.8, 4) is 0 Å². The largest absolute Gasteiger partial charge is 0.441 e. The molecule has 33 heavy (non-hydrogen) atoms. The number of carbonyl (C=O) groups is 2. The van der Waals surface area contributed by atoms with E-state index >= 15 is 0 Å². The first-order valence-corrected chi connectivity index (χ1v) is 10.2. The second kappa shape index (κ2) is 8.51. The molecule has 0 fully saturated rings. The summed E-state index contributed by atoms with van der Waals surface area (Å²) in [7, 11) is 0. The van der Waals surface area contributed by atoms with Gasteiger partial charge in [-0.1, -0.05) is 53.7 Å². The number of oxime groups is 1. The monoisotopic (exact) mass is 438 g/mol. The van der Waals surface area contributed by atoms with Crippen LogP contribution < -0.4 is 4.90 Å². The number of oxazole rings is 1. The highest BCUT2D eigenvalue weighted by Gasteiger charge is 2.37. The van der Waals surface area contributed by atoms with Gasteiger partial charge in [0, 0.05) is 5.56 Å². The summed E-state index contributed by atoms with van der Waals surface area (Å²) in [6, 6.07) is 21.3. The zero-order valence-electron chi connectivity index (χ0n) is 17.6. The first-order valence-electron chi connectivity index (χ1n) is 10.2. The van der Waals surface area contributed by atoms with Gasteiger partial charge in [-0.3, -0.25) is 9.59 Å². The number of aryl methyl sites for hydroxylation is 1. The third-order valence-corrected chi connectivity index (χ3v) is 5.19. The van der Waals surface area contributed by atoms with Crippen LogP contribution in [0, 0.1) is 6.92 Å². The lowest BCUT2D eigenvalue weighted by Crippen LogP contribution is -2.30. The summed E-state index contributed by atoms with van der Waals surface area (Å²) in [6.45, 7) is 1.85. The van der Waals surface area contributed by atoms with Crippen LogP contribution in [0.3, 0.4) is 0 Å². The van der Waals surface area contributed by atoms with Crippen LogP contribution in [0.15, 0.2) is 88.8 Å². The van der Waals surface area contributed by atoms with Gasteiger partial charge < -0.3 is 9.25 Å². The smallest absolute Gasteiger partial charge is 0.267 e. The Labute approximate surface area is 189 Å². The fourth-order valence-electron chi connectivity index (χ4n) is 3.58.